The molecule has 0 fully saturated rings. The van der Waals surface area contributed by atoms with Crippen LogP contribution in [0.5, 0.6) is 5.75 Å². The Morgan fingerprint density at radius 2 is 1.94 bits per heavy atom. The van der Waals surface area contributed by atoms with Crippen molar-refractivity contribution in [1.29, 1.82) is 0 Å². The van der Waals surface area contributed by atoms with Crippen molar-refractivity contribution in [2.45, 2.75) is 0 Å². The first-order chi connectivity index (χ1) is 7.59. The lowest BCUT2D eigenvalue weighted by atomic mass is 10.3. The molecule has 82 valence electrons. The second kappa shape index (κ2) is 3.86. The Morgan fingerprint density at radius 1 is 1.31 bits per heavy atom. The maximum Gasteiger partial charge on any atom is 0.340 e. The van der Waals surface area contributed by atoms with Gasteiger partial charge in [0.2, 0.25) is 0 Å². The van der Waals surface area contributed by atoms with Crippen LogP contribution in [0.15, 0.2) is 30.5 Å². The number of nitrogens with zero attached hydrogens (tertiary/aromatic N) is 2. The molecule has 0 spiro atoms. The van der Waals surface area contributed by atoms with E-state index >= 15 is 0 Å². The molecule has 0 bridgehead atoms. The Bertz CT molecular complexity index is 533. The van der Waals surface area contributed by atoms with Gasteiger partial charge in [-0.25, -0.2) is 9.48 Å². The average molecular weight is 239 g/mol. The number of aromatic hydroxyl groups is 1. The predicted octanol–water partition coefficient (Wildman–Crippen LogP) is 1.93. The molecule has 1 aromatic carbocycles. The second-order valence-electron chi connectivity index (χ2n) is 3.08. The molecule has 0 saturated heterocycles. The molecular formula is C10H7ClN2O3. The number of phenols is 1. The van der Waals surface area contributed by atoms with E-state index < -0.39 is 5.97 Å². The lowest BCUT2D eigenvalue weighted by Crippen LogP contribution is -1.98. The molecule has 5 nitrogen and oxygen atoms in total. The second-order valence-corrected chi connectivity index (χ2v) is 3.44. The van der Waals surface area contributed by atoms with Crippen LogP contribution in [0, 0.1) is 0 Å². The third-order valence-corrected chi connectivity index (χ3v) is 2.40. The van der Waals surface area contributed by atoms with Crippen LogP contribution in [0.3, 0.4) is 0 Å². The normalized spacial score (nSPS) is 10.3. The molecule has 0 atom stereocenters. The number of rotatable bonds is 2. The molecule has 0 aliphatic rings. The molecule has 0 aliphatic heterocycles. The summed E-state index contributed by atoms with van der Waals surface area (Å²) < 4.78 is 1.28. The van der Waals surface area contributed by atoms with Crippen LogP contribution >= 0.6 is 11.6 Å². The number of halogens is 1. The molecule has 16 heavy (non-hydrogen) atoms. The lowest BCUT2D eigenvalue weighted by molar-refractivity contribution is 0.0697. The van der Waals surface area contributed by atoms with Gasteiger partial charge in [-0.1, -0.05) is 11.6 Å². The number of benzene rings is 1. The van der Waals surface area contributed by atoms with Crippen LogP contribution in [0.25, 0.3) is 5.69 Å². The van der Waals surface area contributed by atoms with Crippen molar-refractivity contribution in [2.24, 2.45) is 0 Å². The zero-order valence-corrected chi connectivity index (χ0v) is 8.72. The minimum absolute atomic E-state index is 0.0261. The number of carboxylic acids is 1. The fraction of sp³-hybridized carbons (Fsp3) is 0. The number of carbonyl (C=O) groups is 1. The van der Waals surface area contributed by atoms with Gasteiger partial charge in [-0.2, -0.15) is 5.10 Å². The quantitative estimate of drug-likeness (QED) is 0.838. The Labute approximate surface area is 95.5 Å². The van der Waals surface area contributed by atoms with Crippen molar-refractivity contribution in [2.75, 3.05) is 0 Å². The van der Waals surface area contributed by atoms with Crippen molar-refractivity contribution in [3.05, 3.63) is 41.2 Å². The van der Waals surface area contributed by atoms with Gasteiger partial charge >= 0.3 is 5.97 Å². The molecule has 6 heteroatoms. The van der Waals surface area contributed by atoms with Crippen molar-refractivity contribution in [3.63, 3.8) is 0 Å². The van der Waals surface area contributed by atoms with Gasteiger partial charge in [0.15, 0.2) is 0 Å². The number of carboxylic acid groups (broad SMARTS) is 1. The summed E-state index contributed by atoms with van der Waals surface area (Å²) >= 11 is 5.85. The molecule has 0 saturated carbocycles. The van der Waals surface area contributed by atoms with Crippen LogP contribution in [-0.2, 0) is 0 Å². The molecule has 2 rings (SSSR count). The molecule has 0 unspecified atom stereocenters. The summed E-state index contributed by atoms with van der Waals surface area (Å²) in [6.45, 7) is 0. The Balaban J connectivity index is 2.49. The highest BCUT2D eigenvalue weighted by Gasteiger charge is 2.15. The zero-order valence-electron chi connectivity index (χ0n) is 7.96. The van der Waals surface area contributed by atoms with Gasteiger partial charge in [0.05, 0.1) is 11.9 Å². The number of aromatic nitrogens is 2. The van der Waals surface area contributed by atoms with Crippen molar-refractivity contribution >= 4 is 17.6 Å². The van der Waals surface area contributed by atoms with Gasteiger partial charge in [0.25, 0.3) is 0 Å². The van der Waals surface area contributed by atoms with Gasteiger partial charge < -0.3 is 10.2 Å². The summed E-state index contributed by atoms with van der Waals surface area (Å²) in [5.74, 6) is -1.01. The summed E-state index contributed by atoms with van der Waals surface area (Å²) in [6, 6.07) is 6.10. The first-order valence-corrected chi connectivity index (χ1v) is 4.73. The van der Waals surface area contributed by atoms with E-state index in [9.17, 15) is 4.79 Å². The van der Waals surface area contributed by atoms with E-state index in [1.165, 1.54) is 23.0 Å². The molecule has 2 aromatic rings. The molecule has 0 aliphatic carbocycles. The van der Waals surface area contributed by atoms with Gasteiger partial charge in [-0.05, 0) is 24.3 Å². The topological polar surface area (TPSA) is 75.3 Å². The van der Waals surface area contributed by atoms with Crippen molar-refractivity contribution in [1.82, 2.24) is 9.78 Å². The van der Waals surface area contributed by atoms with E-state index in [0.717, 1.165) is 0 Å². The fourth-order valence-corrected chi connectivity index (χ4v) is 1.52. The van der Waals surface area contributed by atoms with E-state index in [4.69, 9.17) is 21.8 Å². The molecule has 1 heterocycles. The molecular weight excluding hydrogens is 232 g/mol. The highest BCUT2D eigenvalue weighted by Crippen LogP contribution is 2.21. The summed E-state index contributed by atoms with van der Waals surface area (Å²) in [6.07, 6.45) is 1.18. The Hall–Kier alpha value is -2.01. The first-order valence-electron chi connectivity index (χ1n) is 4.36. The number of hydrogen-bond donors (Lipinski definition) is 2. The molecule has 1 aromatic heterocycles. The van der Waals surface area contributed by atoms with E-state index in [-0.39, 0.29) is 16.5 Å². The van der Waals surface area contributed by atoms with Crippen LogP contribution in [0.1, 0.15) is 10.4 Å². The third kappa shape index (κ3) is 1.72. The van der Waals surface area contributed by atoms with Crippen molar-refractivity contribution in [3.8, 4) is 11.4 Å². The van der Waals surface area contributed by atoms with Gasteiger partial charge in [-0.3, -0.25) is 0 Å². The average Bonchev–Trinajstić information content (AvgIpc) is 2.61. The fourth-order valence-electron chi connectivity index (χ4n) is 1.25. The van der Waals surface area contributed by atoms with Crippen LogP contribution < -0.4 is 0 Å². The molecule has 2 N–H and O–H groups in total. The Kier molecular flexibility index (Phi) is 2.54. The molecule has 0 radical (unpaired) electrons. The number of aromatic carboxylic acids is 1. The number of phenolic OH excluding ortho intramolecular Hbond substituents is 1. The van der Waals surface area contributed by atoms with Crippen LogP contribution in [0.2, 0.25) is 5.15 Å². The van der Waals surface area contributed by atoms with E-state index in [2.05, 4.69) is 5.10 Å². The maximum atomic E-state index is 10.7. The standard InChI is InChI=1S/C10H7ClN2O3/c11-9-8(10(15)16)5-12-13(9)6-1-3-7(14)4-2-6/h1-5,14H,(H,15,16). The lowest BCUT2D eigenvalue weighted by Gasteiger charge is -2.02. The first kappa shape index (κ1) is 10.5. The summed E-state index contributed by atoms with van der Waals surface area (Å²) in [4.78, 5) is 10.7. The van der Waals surface area contributed by atoms with Gasteiger partial charge in [0.1, 0.15) is 16.5 Å². The van der Waals surface area contributed by atoms with Crippen molar-refractivity contribution < 1.29 is 15.0 Å². The largest absolute Gasteiger partial charge is 0.508 e. The highest BCUT2D eigenvalue weighted by molar-refractivity contribution is 6.32. The predicted molar refractivity (Wildman–Crippen MR) is 57.2 cm³/mol. The SMILES string of the molecule is O=C(O)c1cnn(-c2ccc(O)cc2)c1Cl. The van der Waals surface area contributed by atoms with Crippen LogP contribution in [-0.4, -0.2) is 26.0 Å². The number of hydrogen-bond acceptors (Lipinski definition) is 3. The third-order valence-electron chi connectivity index (χ3n) is 2.04. The Morgan fingerprint density at radius 3 is 2.44 bits per heavy atom. The minimum atomic E-state index is -1.13. The summed E-state index contributed by atoms with van der Waals surface area (Å²) in [5, 5.41) is 21.8. The highest BCUT2D eigenvalue weighted by atomic mass is 35.5. The van der Waals surface area contributed by atoms with Gasteiger partial charge in [-0.15, -0.1) is 0 Å². The van der Waals surface area contributed by atoms with Crippen LogP contribution in [0.4, 0.5) is 0 Å². The van der Waals surface area contributed by atoms with Gasteiger partial charge in [0, 0.05) is 0 Å². The monoisotopic (exact) mass is 238 g/mol. The summed E-state index contributed by atoms with van der Waals surface area (Å²) in [5.41, 5.74) is 0.519. The maximum absolute atomic E-state index is 10.7. The molecule has 0 amide bonds. The van der Waals surface area contributed by atoms with E-state index in [0.29, 0.717) is 5.69 Å². The van der Waals surface area contributed by atoms with E-state index in [1.54, 1.807) is 12.1 Å². The van der Waals surface area contributed by atoms with E-state index in [1.807, 2.05) is 0 Å². The zero-order chi connectivity index (χ0) is 11.7. The smallest absolute Gasteiger partial charge is 0.340 e. The summed E-state index contributed by atoms with van der Waals surface area (Å²) in [7, 11) is 0. The minimum Gasteiger partial charge on any atom is -0.508 e.